The van der Waals surface area contributed by atoms with E-state index in [0.717, 1.165) is 70.6 Å². The molecule has 282 valence electrons. The predicted molar refractivity (Wildman–Crippen MR) is 202 cm³/mol. The highest BCUT2D eigenvalue weighted by atomic mass is 16.5. The van der Waals surface area contributed by atoms with Crippen molar-refractivity contribution in [2.45, 2.75) is 225 Å². The van der Waals surface area contributed by atoms with Crippen molar-refractivity contribution < 1.29 is 24.2 Å². The predicted octanol–water partition coefficient (Wildman–Crippen LogP) is 11.1. The first-order chi connectivity index (χ1) is 23.4. The van der Waals surface area contributed by atoms with Gasteiger partial charge >= 0.3 is 11.9 Å². The molecule has 7 nitrogen and oxygen atoms in total. The Bertz CT molecular complexity index is 772. The van der Waals surface area contributed by atoms with Crippen molar-refractivity contribution in [1.29, 1.82) is 0 Å². The van der Waals surface area contributed by atoms with E-state index in [0.29, 0.717) is 32.2 Å². The molecule has 0 saturated carbocycles. The van der Waals surface area contributed by atoms with E-state index in [4.69, 9.17) is 10.5 Å². The molecular weight excluding hydrogens is 600 g/mol. The molecule has 0 bridgehead atoms. The minimum atomic E-state index is -1.00. The number of nitrogens with one attached hydrogen (secondary N) is 1. The zero-order chi connectivity index (χ0) is 35.3. The fourth-order valence-electron chi connectivity index (χ4n) is 6.22. The van der Waals surface area contributed by atoms with Crippen LogP contribution >= 0.6 is 0 Å². The third-order valence-corrected chi connectivity index (χ3v) is 9.33. The molecule has 2 unspecified atom stereocenters. The van der Waals surface area contributed by atoms with Crippen molar-refractivity contribution in [3.05, 3.63) is 12.2 Å². The Kier molecular flexibility index (Phi) is 35.0. The molecule has 0 saturated heterocycles. The first-order valence-corrected chi connectivity index (χ1v) is 20.5. The Balaban J connectivity index is 4.35. The molecule has 0 spiro atoms. The van der Waals surface area contributed by atoms with Gasteiger partial charge in [-0.2, -0.15) is 0 Å². The van der Waals surface area contributed by atoms with Crippen LogP contribution in [0.5, 0.6) is 0 Å². The van der Waals surface area contributed by atoms with Gasteiger partial charge in [0.05, 0.1) is 0 Å². The highest BCUT2D eigenvalue weighted by Gasteiger charge is 2.19. The molecule has 0 aliphatic rings. The van der Waals surface area contributed by atoms with Gasteiger partial charge in [-0.3, -0.25) is 9.59 Å². The third-order valence-electron chi connectivity index (χ3n) is 9.33. The van der Waals surface area contributed by atoms with E-state index in [9.17, 15) is 19.5 Å². The summed E-state index contributed by atoms with van der Waals surface area (Å²) < 4.78 is 6.00. The van der Waals surface area contributed by atoms with E-state index in [1.54, 1.807) is 0 Å². The highest BCUT2D eigenvalue weighted by molar-refractivity contribution is 5.83. The van der Waals surface area contributed by atoms with E-state index in [2.05, 4.69) is 31.3 Å². The zero-order valence-corrected chi connectivity index (χ0v) is 31.6. The molecule has 0 heterocycles. The van der Waals surface area contributed by atoms with Crippen LogP contribution in [0.25, 0.3) is 0 Å². The molecule has 4 N–H and O–H groups in total. The van der Waals surface area contributed by atoms with Crippen LogP contribution in [0.15, 0.2) is 12.2 Å². The van der Waals surface area contributed by atoms with E-state index in [1.165, 1.54) is 103 Å². The molecule has 48 heavy (non-hydrogen) atoms. The van der Waals surface area contributed by atoms with Crippen molar-refractivity contribution in [2.75, 3.05) is 6.54 Å². The van der Waals surface area contributed by atoms with Crippen molar-refractivity contribution >= 4 is 17.8 Å². The van der Waals surface area contributed by atoms with Crippen LogP contribution in [0.2, 0.25) is 0 Å². The summed E-state index contributed by atoms with van der Waals surface area (Å²) >= 11 is 0. The Labute approximate surface area is 296 Å². The number of carbonyl (C=O) groups excluding carboxylic acids is 2. The lowest BCUT2D eigenvalue weighted by atomic mass is 10.0. The first kappa shape index (κ1) is 46.1. The molecule has 0 aromatic rings. The minimum absolute atomic E-state index is 0.00979. The van der Waals surface area contributed by atoms with Gasteiger partial charge in [0, 0.05) is 12.8 Å². The number of aliphatic carboxylic acids is 1. The number of ether oxygens (including phenoxy) is 1. The number of allylic oxidation sites excluding steroid dienone is 2. The lowest BCUT2D eigenvalue weighted by Gasteiger charge is -2.18. The van der Waals surface area contributed by atoms with Gasteiger partial charge in [0.2, 0.25) is 5.91 Å². The van der Waals surface area contributed by atoms with Gasteiger partial charge in [0.25, 0.3) is 0 Å². The van der Waals surface area contributed by atoms with Crippen LogP contribution in [0.4, 0.5) is 0 Å². The van der Waals surface area contributed by atoms with Gasteiger partial charge < -0.3 is 20.9 Å². The maximum absolute atomic E-state index is 12.7. The molecule has 7 heteroatoms. The third kappa shape index (κ3) is 32.6. The number of hydrogen-bond donors (Lipinski definition) is 3. The minimum Gasteiger partial charge on any atom is -0.480 e. The van der Waals surface area contributed by atoms with E-state index >= 15 is 0 Å². The molecule has 0 radical (unpaired) electrons. The number of nitrogens with two attached hydrogens (primary N) is 1. The van der Waals surface area contributed by atoms with Gasteiger partial charge in [-0.1, -0.05) is 142 Å². The largest absolute Gasteiger partial charge is 0.480 e. The molecule has 1 amide bonds. The average molecular weight is 679 g/mol. The molecule has 0 rings (SSSR count). The van der Waals surface area contributed by atoms with E-state index < -0.39 is 12.0 Å². The van der Waals surface area contributed by atoms with Crippen molar-refractivity contribution in [1.82, 2.24) is 5.32 Å². The van der Waals surface area contributed by atoms with Gasteiger partial charge in [-0.15, -0.1) is 0 Å². The Morgan fingerprint density at radius 1 is 0.583 bits per heavy atom. The van der Waals surface area contributed by atoms with Gasteiger partial charge in [0.15, 0.2) is 0 Å². The fraction of sp³-hybridized carbons (Fsp3) is 0.878. The van der Waals surface area contributed by atoms with Crippen molar-refractivity contribution in [3.8, 4) is 0 Å². The quantitative estimate of drug-likeness (QED) is 0.0342. The molecule has 0 aliphatic heterocycles. The zero-order valence-electron chi connectivity index (χ0n) is 31.6. The standard InChI is InChI=1S/C41H78N2O5/c1-3-5-7-9-11-13-14-15-16-18-19-22-26-31-37(48-40(45)35-29-25-20-17-12-10-8-6-4-2)32-27-23-21-24-28-34-39(44)43-38(41(46)47)33-30-36-42/h18-19,37-38H,3-17,20-36,42H2,1-2H3,(H,43,44)(H,46,47)/b19-18-. The number of carboxylic acid groups (broad SMARTS) is 1. The second kappa shape index (κ2) is 36.4. The first-order valence-electron chi connectivity index (χ1n) is 20.5. The van der Waals surface area contributed by atoms with E-state index in [1.807, 2.05) is 0 Å². The second-order valence-electron chi connectivity index (χ2n) is 14.1. The summed E-state index contributed by atoms with van der Waals surface area (Å²) in [6, 6.07) is -0.855. The van der Waals surface area contributed by atoms with Crippen molar-refractivity contribution in [2.24, 2.45) is 5.73 Å². The molecule has 0 aliphatic carbocycles. The lowest BCUT2D eigenvalue weighted by Crippen LogP contribution is -2.40. The summed E-state index contributed by atoms with van der Waals surface area (Å²) in [4.78, 5) is 36.2. The number of amides is 1. The highest BCUT2D eigenvalue weighted by Crippen LogP contribution is 2.18. The number of unbranched alkanes of at least 4 members (excludes halogenated alkanes) is 21. The number of esters is 1. The average Bonchev–Trinajstić information content (AvgIpc) is 3.07. The van der Waals surface area contributed by atoms with Gasteiger partial charge in [-0.25, -0.2) is 4.79 Å². The van der Waals surface area contributed by atoms with Crippen LogP contribution < -0.4 is 11.1 Å². The summed E-state index contributed by atoms with van der Waals surface area (Å²) in [6.07, 6.45) is 38.2. The van der Waals surface area contributed by atoms with Crippen LogP contribution in [0.3, 0.4) is 0 Å². The number of rotatable bonds is 37. The maximum Gasteiger partial charge on any atom is 0.326 e. The van der Waals surface area contributed by atoms with Crippen LogP contribution in [-0.4, -0.2) is 41.6 Å². The summed E-state index contributed by atoms with van der Waals surface area (Å²) in [5.74, 6) is -1.24. The second-order valence-corrected chi connectivity index (χ2v) is 14.1. The summed E-state index contributed by atoms with van der Waals surface area (Å²) in [6.45, 7) is 4.93. The van der Waals surface area contributed by atoms with Crippen LogP contribution in [0, 0.1) is 0 Å². The van der Waals surface area contributed by atoms with Crippen molar-refractivity contribution in [3.63, 3.8) is 0 Å². The molecule has 2 atom stereocenters. The monoisotopic (exact) mass is 679 g/mol. The summed E-state index contributed by atoms with van der Waals surface area (Å²) in [5, 5.41) is 11.9. The summed E-state index contributed by atoms with van der Waals surface area (Å²) in [5.41, 5.74) is 5.47. The van der Waals surface area contributed by atoms with Crippen LogP contribution in [-0.2, 0) is 19.1 Å². The lowest BCUT2D eigenvalue weighted by molar-refractivity contribution is -0.150. The Morgan fingerprint density at radius 2 is 1.04 bits per heavy atom. The van der Waals surface area contributed by atoms with Gasteiger partial charge in [0.1, 0.15) is 12.1 Å². The topological polar surface area (TPSA) is 119 Å². The number of hydrogen-bond acceptors (Lipinski definition) is 5. The summed E-state index contributed by atoms with van der Waals surface area (Å²) in [7, 11) is 0. The molecule has 0 fully saturated rings. The molecule has 0 aromatic carbocycles. The maximum atomic E-state index is 12.7. The van der Waals surface area contributed by atoms with E-state index in [-0.39, 0.29) is 18.0 Å². The Hall–Kier alpha value is -1.89. The fourth-order valence-corrected chi connectivity index (χ4v) is 6.22. The number of carboxylic acids is 1. The SMILES string of the molecule is CCCCCCCCCC/C=C\CCCC(CCCCCCCC(=O)NC(CCCN)C(=O)O)OC(=O)CCCCCCCCCCC. The molecular formula is C41H78N2O5. The van der Waals surface area contributed by atoms with Crippen LogP contribution in [0.1, 0.15) is 213 Å². The normalized spacial score (nSPS) is 12.7. The van der Waals surface area contributed by atoms with Gasteiger partial charge in [-0.05, 0) is 77.2 Å². The smallest absolute Gasteiger partial charge is 0.326 e. The number of carbonyl (C=O) groups is 3. The molecule has 0 aromatic heterocycles. The Morgan fingerprint density at radius 3 is 1.58 bits per heavy atom.